The van der Waals surface area contributed by atoms with Gasteiger partial charge in [0, 0.05) is 12.8 Å². The van der Waals surface area contributed by atoms with Crippen molar-refractivity contribution < 1.29 is 25.8 Å². The van der Waals surface area contributed by atoms with Crippen molar-refractivity contribution in [3.05, 3.63) is 24.3 Å². The Morgan fingerprint density at radius 1 is 1.00 bits per heavy atom. The van der Waals surface area contributed by atoms with Crippen LogP contribution in [0.3, 0.4) is 0 Å². The molecule has 1 saturated heterocycles. The van der Waals surface area contributed by atoms with Crippen LogP contribution in [0.15, 0.2) is 29.2 Å². The van der Waals surface area contributed by atoms with E-state index in [1.165, 1.54) is 6.07 Å². The standard InChI is InChI=1S/C11H12O6S2/c12-18(13)7-5-11(6-8-18)16-9-3-1-2-4-10(9)19(14,15)17-11/h1-4H,5-8H2. The van der Waals surface area contributed by atoms with Crippen LogP contribution in [0.1, 0.15) is 12.8 Å². The Morgan fingerprint density at radius 2 is 1.63 bits per heavy atom. The number of para-hydroxylation sites is 1. The first-order valence-electron chi connectivity index (χ1n) is 5.76. The van der Waals surface area contributed by atoms with Gasteiger partial charge in [0.05, 0.1) is 11.5 Å². The number of fused-ring (bicyclic) bond motifs is 1. The number of rotatable bonds is 0. The predicted octanol–water partition coefficient (Wildman–Crippen LogP) is 0.689. The Balaban J connectivity index is 2.02. The Bertz CT molecular complexity index is 705. The number of sulfone groups is 1. The fourth-order valence-electron chi connectivity index (χ4n) is 2.24. The van der Waals surface area contributed by atoms with E-state index < -0.39 is 25.7 Å². The summed E-state index contributed by atoms with van der Waals surface area (Å²) >= 11 is 0. The third-order valence-electron chi connectivity index (χ3n) is 3.26. The van der Waals surface area contributed by atoms with Gasteiger partial charge >= 0.3 is 10.1 Å². The first-order chi connectivity index (χ1) is 8.82. The lowest BCUT2D eigenvalue weighted by Crippen LogP contribution is -2.49. The fourth-order valence-corrected chi connectivity index (χ4v) is 4.98. The number of hydrogen-bond donors (Lipinski definition) is 0. The van der Waals surface area contributed by atoms with E-state index in [0.29, 0.717) is 0 Å². The van der Waals surface area contributed by atoms with Crippen molar-refractivity contribution in [2.24, 2.45) is 0 Å². The lowest BCUT2D eigenvalue weighted by molar-refractivity contribution is -0.125. The summed E-state index contributed by atoms with van der Waals surface area (Å²) < 4.78 is 57.7. The zero-order valence-electron chi connectivity index (χ0n) is 9.90. The maximum atomic E-state index is 12.1. The van der Waals surface area contributed by atoms with Gasteiger partial charge in [0.15, 0.2) is 9.84 Å². The molecule has 0 unspecified atom stereocenters. The van der Waals surface area contributed by atoms with E-state index in [2.05, 4.69) is 0 Å². The lowest BCUT2D eigenvalue weighted by atomic mass is 10.1. The molecule has 0 N–H and O–H groups in total. The summed E-state index contributed by atoms with van der Waals surface area (Å²) in [6, 6.07) is 6.18. The van der Waals surface area contributed by atoms with Crippen LogP contribution in [0, 0.1) is 0 Å². The molecule has 6 nitrogen and oxygen atoms in total. The average Bonchev–Trinajstić information content (AvgIpc) is 2.33. The maximum absolute atomic E-state index is 12.1. The quantitative estimate of drug-likeness (QED) is 0.655. The molecule has 0 bridgehead atoms. The van der Waals surface area contributed by atoms with Gasteiger partial charge in [-0.15, -0.1) is 0 Å². The summed E-state index contributed by atoms with van der Waals surface area (Å²) in [7, 11) is -7.03. The largest absolute Gasteiger partial charge is 0.460 e. The second-order valence-corrected chi connectivity index (χ2v) is 8.47. The molecule has 0 atom stereocenters. The second kappa shape index (κ2) is 3.94. The zero-order valence-corrected chi connectivity index (χ0v) is 11.5. The van der Waals surface area contributed by atoms with Crippen LogP contribution in [0.25, 0.3) is 0 Å². The fraction of sp³-hybridized carbons (Fsp3) is 0.455. The van der Waals surface area contributed by atoms with Crippen molar-refractivity contribution in [2.45, 2.75) is 23.5 Å². The van der Waals surface area contributed by atoms with Crippen molar-refractivity contribution in [2.75, 3.05) is 11.5 Å². The molecule has 8 heteroatoms. The van der Waals surface area contributed by atoms with Crippen molar-refractivity contribution in [3.8, 4) is 5.75 Å². The van der Waals surface area contributed by atoms with Crippen LogP contribution >= 0.6 is 0 Å². The summed E-state index contributed by atoms with van der Waals surface area (Å²) in [5.41, 5.74) is 0. The summed E-state index contributed by atoms with van der Waals surface area (Å²) in [5, 5.41) is 0. The molecule has 19 heavy (non-hydrogen) atoms. The highest BCUT2D eigenvalue weighted by molar-refractivity contribution is 7.91. The molecule has 0 aliphatic carbocycles. The van der Waals surface area contributed by atoms with Crippen molar-refractivity contribution >= 4 is 20.0 Å². The SMILES string of the molecule is O=S1(=O)CCC2(CC1)Oc1ccccc1S(=O)(=O)O2. The molecule has 1 spiro atoms. The Morgan fingerprint density at radius 3 is 2.32 bits per heavy atom. The van der Waals surface area contributed by atoms with Crippen LogP contribution < -0.4 is 4.74 Å². The van der Waals surface area contributed by atoms with Crippen LogP contribution in [0.5, 0.6) is 5.75 Å². The Labute approximate surface area is 111 Å². The van der Waals surface area contributed by atoms with Crippen molar-refractivity contribution in [3.63, 3.8) is 0 Å². The highest BCUT2D eigenvalue weighted by Gasteiger charge is 2.48. The van der Waals surface area contributed by atoms with Crippen molar-refractivity contribution in [1.82, 2.24) is 0 Å². The van der Waals surface area contributed by atoms with Crippen molar-refractivity contribution in [1.29, 1.82) is 0 Å². The average molecular weight is 304 g/mol. The molecule has 1 aromatic carbocycles. The molecule has 3 rings (SSSR count). The van der Waals surface area contributed by atoms with Gasteiger partial charge in [-0.1, -0.05) is 12.1 Å². The number of benzene rings is 1. The second-order valence-electron chi connectivity index (χ2n) is 4.65. The monoisotopic (exact) mass is 304 g/mol. The number of ether oxygens (including phenoxy) is 1. The van der Waals surface area contributed by atoms with E-state index in [1.807, 2.05) is 0 Å². The van der Waals surface area contributed by atoms with Gasteiger partial charge in [0.2, 0.25) is 5.79 Å². The van der Waals surface area contributed by atoms with Gasteiger partial charge in [0.25, 0.3) is 0 Å². The van der Waals surface area contributed by atoms with Crippen LogP contribution in [0.2, 0.25) is 0 Å². The van der Waals surface area contributed by atoms with Crippen LogP contribution in [-0.4, -0.2) is 34.1 Å². The number of hydrogen-bond acceptors (Lipinski definition) is 6. The summed E-state index contributed by atoms with van der Waals surface area (Å²) in [5.74, 6) is -1.43. The minimum absolute atomic E-state index is 0.0168. The molecular formula is C11H12O6S2. The molecule has 2 aliphatic rings. The van der Waals surface area contributed by atoms with Gasteiger partial charge in [-0.3, -0.25) is 0 Å². The predicted molar refractivity (Wildman–Crippen MR) is 66.0 cm³/mol. The minimum Gasteiger partial charge on any atom is -0.460 e. The Kier molecular flexibility index (Phi) is 2.67. The van der Waals surface area contributed by atoms with E-state index in [9.17, 15) is 16.8 Å². The lowest BCUT2D eigenvalue weighted by Gasteiger charge is -2.39. The Hall–Kier alpha value is -1.12. The summed E-state index contributed by atoms with van der Waals surface area (Å²) in [4.78, 5) is -0.0194. The molecule has 2 aliphatic heterocycles. The van der Waals surface area contributed by atoms with E-state index in [1.54, 1.807) is 18.2 Å². The smallest absolute Gasteiger partial charge is 0.304 e. The maximum Gasteiger partial charge on any atom is 0.304 e. The first-order valence-corrected chi connectivity index (χ1v) is 8.99. The summed E-state index contributed by atoms with van der Waals surface area (Å²) in [6.07, 6.45) is 0.0335. The molecule has 2 heterocycles. The zero-order chi connectivity index (χ0) is 13.7. The highest BCUT2D eigenvalue weighted by Crippen LogP contribution is 2.41. The van der Waals surface area contributed by atoms with Gasteiger partial charge in [-0.05, 0) is 12.1 Å². The molecule has 104 valence electrons. The molecule has 1 aromatic rings. The van der Waals surface area contributed by atoms with Crippen LogP contribution in [0.4, 0.5) is 0 Å². The third kappa shape index (κ3) is 2.24. The van der Waals surface area contributed by atoms with E-state index in [-0.39, 0.29) is 35.0 Å². The van der Waals surface area contributed by atoms with E-state index >= 15 is 0 Å². The first kappa shape index (κ1) is 12.9. The summed E-state index contributed by atoms with van der Waals surface area (Å²) in [6.45, 7) is 0. The normalized spacial score (nSPS) is 26.3. The van der Waals surface area contributed by atoms with E-state index in [0.717, 1.165) is 0 Å². The topological polar surface area (TPSA) is 86.7 Å². The molecule has 0 aromatic heterocycles. The molecule has 0 saturated carbocycles. The van der Waals surface area contributed by atoms with E-state index in [4.69, 9.17) is 8.92 Å². The molecule has 1 fully saturated rings. The van der Waals surface area contributed by atoms with Crippen LogP contribution in [-0.2, 0) is 24.1 Å². The van der Waals surface area contributed by atoms with Gasteiger partial charge < -0.3 is 4.74 Å². The molecule has 0 radical (unpaired) electrons. The van der Waals surface area contributed by atoms with Gasteiger partial charge in [-0.2, -0.15) is 8.42 Å². The minimum atomic E-state index is -3.91. The molecule has 0 amide bonds. The molecular weight excluding hydrogens is 292 g/mol. The highest BCUT2D eigenvalue weighted by atomic mass is 32.2. The van der Waals surface area contributed by atoms with Gasteiger partial charge in [-0.25, -0.2) is 12.6 Å². The third-order valence-corrected chi connectivity index (χ3v) is 6.32. The van der Waals surface area contributed by atoms with Gasteiger partial charge in [0.1, 0.15) is 10.6 Å².